The topological polar surface area (TPSA) is 33.1 Å². The molecule has 0 aliphatic carbocycles. The van der Waals surface area contributed by atoms with E-state index in [4.69, 9.17) is 5.11 Å². The number of hydrogen-bond acceptors (Lipinski definition) is 2. The van der Waals surface area contributed by atoms with Crippen LogP contribution in [0.4, 0.5) is 0 Å². The first-order valence-corrected chi connectivity index (χ1v) is 3.79. The van der Waals surface area contributed by atoms with Crippen molar-refractivity contribution in [1.29, 1.82) is 0 Å². The first-order valence-electron chi connectivity index (χ1n) is 3.00. The van der Waals surface area contributed by atoms with Crippen LogP contribution in [0.3, 0.4) is 0 Å². The van der Waals surface area contributed by atoms with Gasteiger partial charge in [-0.1, -0.05) is 0 Å². The number of rotatable bonds is 1. The summed E-state index contributed by atoms with van der Waals surface area (Å²) >= 11 is 3.27. The molecule has 4 heteroatoms. The molecule has 11 heavy (non-hydrogen) atoms. The van der Waals surface area contributed by atoms with E-state index in [0.717, 1.165) is 4.47 Å². The Morgan fingerprint density at radius 3 is 2.64 bits per heavy atom. The van der Waals surface area contributed by atoms with Crippen LogP contribution >= 0.6 is 28.3 Å². The van der Waals surface area contributed by atoms with E-state index >= 15 is 0 Å². The number of pyridine rings is 1. The number of aliphatic hydroxyl groups is 1. The third-order valence-electron chi connectivity index (χ3n) is 1.18. The normalized spacial score (nSPS) is 11.9. The summed E-state index contributed by atoms with van der Waals surface area (Å²) in [6, 6.07) is 3.67. The molecule has 1 atom stereocenters. The molecule has 1 rings (SSSR count). The van der Waals surface area contributed by atoms with E-state index in [1.807, 2.05) is 12.1 Å². The quantitative estimate of drug-likeness (QED) is 0.814. The van der Waals surface area contributed by atoms with Gasteiger partial charge in [0.1, 0.15) is 0 Å². The molecule has 0 saturated heterocycles. The van der Waals surface area contributed by atoms with E-state index in [2.05, 4.69) is 20.9 Å². The summed E-state index contributed by atoms with van der Waals surface area (Å²) in [4.78, 5) is 3.98. The third-order valence-corrected chi connectivity index (χ3v) is 1.85. The molecule has 0 amide bonds. The molecule has 1 aromatic heterocycles. The maximum absolute atomic E-state index is 9.11. The highest BCUT2D eigenvalue weighted by Gasteiger charge is 2.04. The highest BCUT2D eigenvalue weighted by molar-refractivity contribution is 9.10. The van der Waals surface area contributed by atoms with Crippen molar-refractivity contribution in [3.05, 3.63) is 28.5 Å². The molecule has 0 radical (unpaired) electrons. The molecule has 0 spiro atoms. The monoisotopic (exact) mass is 237 g/mol. The average molecular weight is 239 g/mol. The van der Waals surface area contributed by atoms with E-state index in [9.17, 15) is 0 Å². The molecule has 0 aromatic carbocycles. The van der Waals surface area contributed by atoms with Crippen molar-refractivity contribution in [2.75, 3.05) is 0 Å². The summed E-state index contributed by atoms with van der Waals surface area (Å²) in [6.07, 6.45) is 1.16. The Kier molecular flexibility index (Phi) is 4.65. The molecule has 0 unspecified atom stereocenters. The Labute approximate surface area is 80.2 Å². The van der Waals surface area contributed by atoms with Crippen molar-refractivity contribution < 1.29 is 5.11 Å². The van der Waals surface area contributed by atoms with Crippen LogP contribution in [-0.4, -0.2) is 10.1 Å². The Balaban J connectivity index is 0.000001000. The standard InChI is InChI=1S/C7H8BrNO.ClH/c1-5(10)7-6(8)3-2-4-9-7;/h2-5,10H,1H3;1H/t5-;/m0./s1. The number of aromatic nitrogens is 1. The molecule has 0 saturated carbocycles. The van der Waals surface area contributed by atoms with Gasteiger partial charge in [-0.15, -0.1) is 12.4 Å². The van der Waals surface area contributed by atoms with Gasteiger partial charge in [0.25, 0.3) is 0 Å². The predicted octanol–water partition coefficient (Wildman–Crippen LogP) is 2.32. The van der Waals surface area contributed by atoms with E-state index < -0.39 is 6.10 Å². The minimum atomic E-state index is -0.504. The third kappa shape index (κ3) is 2.77. The first-order chi connectivity index (χ1) is 4.72. The van der Waals surface area contributed by atoms with Crippen molar-refractivity contribution in [3.63, 3.8) is 0 Å². The van der Waals surface area contributed by atoms with Crippen LogP contribution in [0.2, 0.25) is 0 Å². The van der Waals surface area contributed by atoms with Gasteiger partial charge in [-0.25, -0.2) is 0 Å². The fraction of sp³-hybridized carbons (Fsp3) is 0.286. The lowest BCUT2D eigenvalue weighted by Crippen LogP contribution is -1.95. The Bertz CT molecular complexity index is 229. The van der Waals surface area contributed by atoms with Gasteiger partial charge in [0.05, 0.1) is 11.8 Å². The second-order valence-corrected chi connectivity index (χ2v) is 2.90. The summed E-state index contributed by atoms with van der Waals surface area (Å²) in [6.45, 7) is 1.69. The minimum absolute atomic E-state index is 0. The minimum Gasteiger partial charge on any atom is -0.387 e. The molecule has 0 aliphatic heterocycles. The zero-order valence-corrected chi connectivity index (χ0v) is 8.39. The number of aliphatic hydroxyl groups excluding tert-OH is 1. The fourth-order valence-electron chi connectivity index (χ4n) is 0.705. The van der Waals surface area contributed by atoms with Crippen LogP contribution in [0.25, 0.3) is 0 Å². The smallest absolute Gasteiger partial charge is 0.0943 e. The Morgan fingerprint density at radius 2 is 2.27 bits per heavy atom. The lowest BCUT2D eigenvalue weighted by Gasteiger charge is -2.03. The molecule has 1 N–H and O–H groups in total. The van der Waals surface area contributed by atoms with Gasteiger partial charge < -0.3 is 5.11 Å². The molecular formula is C7H9BrClNO. The molecular weight excluding hydrogens is 229 g/mol. The highest BCUT2D eigenvalue weighted by atomic mass is 79.9. The summed E-state index contributed by atoms with van der Waals surface area (Å²) < 4.78 is 0.852. The van der Waals surface area contributed by atoms with E-state index in [1.54, 1.807) is 13.1 Å². The van der Waals surface area contributed by atoms with Gasteiger partial charge in [0.2, 0.25) is 0 Å². The highest BCUT2D eigenvalue weighted by Crippen LogP contribution is 2.19. The molecule has 2 nitrogen and oxygen atoms in total. The van der Waals surface area contributed by atoms with Crippen LogP contribution < -0.4 is 0 Å². The summed E-state index contributed by atoms with van der Waals surface area (Å²) in [5.41, 5.74) is 0.683. The number of nitrogens with zero attached hydrogens (tertiary/aromatic N) is 1. The zero-order valence-electron chi connectivity index (χ0n) is 5.99. The van der Waals surface area contributed by atoms with E-state index in [0.29, 0.717) is 5.69 Å². The molecule has 0 aliphatic rings. The Hall–Kier alpha value is -0.120. The summed E-state index contributed by atoms with van der Waals surface area (Å²) in [5.74, 6) is 0. The SMILES string of the molecule is C[C@H](O)c1ncccc1Br.Cl. The van der Waals surface area contributed by atoms with Gasteiger partial charge in [0.15, 0.2) is 0 Å². The lowest BCUT2D eigenvalue weighted by molar-refractivity contribution is 0.193. The maximum Gasteiger partial charge on any atom is 0.0943 e. The predicted molar refractivity (Wildman–Crippen MR) is 49.8 cm³/mol. The van der Waals surface area contributed by atoms with Crippen LogP contribution in [0.1, 0.15) is 18.7 Å². The molecule has 1 aromatic rings. The van der Waals surface area contributed by atoms with E-state index in [1.165, 1.54) is 0 Å². The summed E-state index contributed by atoms with van der Waals surface area (Å²) in [5, 5.41) is 9.11. The fourth-order valence-corrected chi connectivity index (χ4v) is 1.29. The van der Waals surface area contributed by atoms with Crippen LogP contribution in [0.15, 0.2) is 22.8 Å². The average Bonchev–Trinajstić information content (AvgIpc) is 1.88. The van der Waals surface area contributed by atoms with Gasteiger partial charge in [-0.2, -0.15) is 0 Å². The van der Waals surface area contributed by atoms with Crippen molar-refractivity contribution in [1.82, 2.24) is 4.98 Å². The van der Waals surface area contributed by atoms with Gasteiger partial charge in [-0.3, -0.25) is 4.98 Å². The molecule has 0 fully saturated rings. The molecule has 1 heterocycles. The molecule has 62 valence electrons. The second-order valence-electron chi connectivity index (χ2n) is 2.05. The van der Waals surface area contributed by atoms with Gasteiger partial charge >= 0.3 is 0 Å². The maximum atomic E-state index is 9.11. The van der Waals surface area contributed by atoms with E-state index in [-0.39, 0.29) is 12.4 Å². The van der Waals surface area contributed by atoms with Gasteiger partial charge in [0, 0.05) is 10.7 Å². The van der Waals surface area contributed by atoms with Crippen molar-refractivity contribution in [2.24, 2.45) is 0 Å². The summed E-state index contributed by atoms with van der Waals surface area (Å²) in [7, 11) is 0. The molecule has 0 bridgehead atoms. The van der Waals surface area contributed by atoms with Crippen LogP contribution in [-0.2, 0) is 0 Å². The van der Waals surface area contributed by atoms with Crippen molar-refractivity contribution >= 4 is 28.3 Å². The van der Waals surface area contributed by atoms with Crippen molar-refractivity contribution in [2.45, 2.75) is 13.0 Å². The van der Waals surface area contributed by atoms with Crippen LogP contribution in [0.5, 0.6) is 0 Å². The number of halogens is 2. The second kappa shape index (κ2) is 4.70. The van der Waals surface area contributed by atoms with Crippen LogP contribution in [0, 0.1) is 0 Å². The largest absolute Gasteiger partial charge is 0.387 e. The van der Waals surface area contributed by atoms with Crippen molar-refractivity contribution in [3.8, 4) is 0 Å². The lowest BCUT2D eigenvalue weighted by atomic mass is 10.2. The van der Waals surface area contributed by atoms with Gasteiger partial charge in [-0.05, 0) is 35.0 Å². The zero-order chi connectivity index (χ0) is 7.56. The number of hydrogen-bond donors (Lipinski definition) is 1. The Morgan fingerprint density at radius 1 is 1.64 bits per heavy atom. The first kappa shape index (κ1) is 10.9.